The van der Waals surface area contributed by atoms with Crippen LogP contribution in [0.3, 0.4) is 0 Å². The largest absolute Gasteiger partial charge is 0.322 e. The normalized spacial score (nSPS) is 17.4. The Bertz CT molecular complexity index is 272. The van der Waals surface area contributed by atoms with Crippen LogP contribution in [-0.2, 0) is 12.8 Å². The number of nitrogens with zero attached hydrogens (tertiary/aromatic N) is 1. The summed E-state index contributed by atoms with van der Waals surface area (Å²) < 4.78 is 0. The molecule has 0 saturated heterocycles. The molecule has 0 bridgehead atoms. The lowest BCUT2D eigenvalue weighted by Gasteiger charge is -2.05. The molecule has 3 heteroatoms. The van der Waals surface area contributed by atoms with E-state index in [2.05, 4.69) is 11.9 Å². The monoisotopic (exact) mass is 196 g/mol. The minimum atomic E-state index is 0.181. The van der Waals surface area contributed by atoms with E-state index in [1.807, 2.05) is 11.3 Å². The standard InChI is InChI=1S/C10H16N2S/c1-2-4-7(11)10-12-8-5-3-6-9(8)13-10/h7H,2-6,11H2,1H3. The van der Waals surface area contributed by atoms with Crippen molar-refractivity contribution in [3.8, 4) is 0 Å². The van der Waals surface area contributed by atoms with Gasteiger partial charge in [-0.15, -0.1) is 11.3 Å². The molecule has 1 aliphatic rings. The first-order chi connectivity index (χ1) is 6.31. The Morgan fingerprint density at radius 3 is 3.08 bits per heavy atom. The number of thiazole rings is 1. The third kappa shape index (κ3) is 1.76. The average molecular weight is 196 g/mol. The molecule has 13 heavy (non-hydrogen) atoms. The third-order valence-electron chi connectivity index (χ3n) is 2.53. The van der Waals surface area contributed by atoms with Gasteiger partial charge in [-0.3, -0.25) is 0 Å². The van der Waals surface area contributed by atoms with Gasteiger partial charge in [-0.1, -0.05) is 13.3 Å². The summed E-state index contributed by atoms with van der Waals surface area (Å²) in [5, 5.41) is 1.16. The van der Waals surface area contributed by atoms with Gasteiger partial charge in [0.15, 0.2) is 0 Å². The SMILES string of the molecule is CCCC(N)c1nc2c(s1)CCC2. The molecular weight excluding hydrogens is 180 g/mol. The Kier molecular flexibility index (Phi) is 2.65. The van der Waals surface area contributed by atoms with Crippen LogP contribution in [0.4, 0.5) is 0 Å². The maximum absolute atomic E-state index is 6.01. The van der Waals surface area contributed by atoms with Gasteiger partial charge in [0.05, 0.1) is 11.7 Å². The van der Waals surface area contributed by atoms with E-state index in [0.29, 0.717) is 0 Å². The minimum Gasteiger partial charge on any atom is -0.322 e. The van der Waals surface area contributed by atoms with Gasteiger partial charge in [-0.25, -0.2) is 4.98 Å². The number of aryl methyl sites for hydroxylation is 2. The van der Waals surface area contributed by atoms with Crippen LogP contribution in [0, 0.1) is 0 Å². The van der Waals surface area contributed by atoms with E-state index in [9.17, 15) is 0 Å². The van der Waals surface area contributed by atoms with Crippen LogP contribution < -0.4 is 5.73 Å². The van der Waals surface area contributed by atoms with E-state index in [4.69, 9.17) is 5.73 Å². The fraction of sp³-hybridized carbons (Fsp3) is 0.700. The van der Waals surface area contributed by atoms with Crippen LogP contribution in [0.25, 0.3) is 0 Å². The Labute approximate surface area is 83.2 Å². The molecule has 72 valence electrons. The van der Waals surface area contributed by atoms with Gasteiger partial charge in [-0.2, -0.15) is 0 Å². The molecule has 2 nitrogen and oxygen atoms in total. The molecule has 1 aromatic heterocycles. The third-order valence-corrected chi connectivity index (χ3v) is 3.82. The summed E-state index contributed by atoms with van der Waals surface area (Å²) in [6.07, 6.45) is 5.89. The molecule has 1 aromatic rings. The number of fused-ring (bicyclic) bond motifs is 1. The number of aromatic nitrogens is 1. The zero-order valence-electron chi connectivity index (χ0n) is 8.05. The molecule has 0 amide bonds. The van der Waals surface area contributed by atoms with E-state index in [1.165, 1.54) is 29.8 Å². The lowest BCUT2D eigenvalue weighted by molar-refractivity contribution is 0.632. The molecular formula is C10H16N2S. The van der Waals surface area contributed by atoms with Gasteiger partial charge in [0, 0.05) is 4.88 Å². The van der Waals surface area contributed by atoms with Gasteiger partial charge >= 0.3 is 0 Å². The topological polar surface area (TPSA) is 38.9 Å². The Morgan fingerprint density at radius 1 is 1.54 bits per heavy atom. The molecule has 0 spiro atoms. The van der Waals surface area contributed by atoms with E-state index in [-0.39, 0.29) is 6.04 Å². The van der Waals surface area contributed by atoms with Crippen LogP contribution in [-0.4, -0.2) is 4.98 Å². The van der Waals surface area contributed by atoms with Crippen molar-refractivity contribution in [3.63, 3.8) is 0 Å². The zero-order chi connectivity index (χ0) is 9.26. The van der Waals surface area contributed by atoms with Crippen molar-refractivity contribution in [1.82, 2.24) is 4.98 Å². The molecule has 1 atom stereocenters. The maximum atomic E-state index is 6.01. The first kappa shape index (κ1) is 9.16. The summed E-state index contributed by atoms with van der Waals surface area (Å²) in [4.78, 5) is 6.09. The van der Waals surface area contributed by atoms with Crippen LogP contribution in [0.15, 0.2) is 0 Å². The lowest BCUT2D eigenvalue weighted by Crippen LogP contribution is -2.09. The van der Waals surface area contributed by atoms with Gasteiger partial charge in [0.25, 0.3) is 0 Å². The fourth-order valence-electron chi connectivity index (χ4n) is 1.80. The summed E-state index contributed by atoms with van der Waals surface area (Å²) in [5.41, 5.74) is 7.34. The van der Waals surface area contributed by atoms with Crippen molar-refractivity contribution in [2.45, 2.75) is 45.1 Å². The van der Waals surface area contributed by atoms with Gasteiger partial charge in [-0.05, 0) is 25.7 Å². The van der Waals surface area contributed by atoms with Crippen molar-refractivity contribution in [1.29, 1.82) is 0 Å². The summed E-state index contributed by atoms with van der Waals surface area (Å²) in [6.45, 7) is 2.17. The molecule has 0 aliphatic heterocycles. The Balaban J connectivity index is 2.13. The number of hydrogen-bond donors (Lipinski definition) is 1. The Morgan fingerprint density at radius 2 is 2.38 bits per heavy atom. The molecule has 2 rings (SSSR count). The Hall–Kier alpha value is -0.410. The molecule has 0 fully saturated rings. The summed E-state index contributed by atoms with van der Waals surface area (Å²) in [7, 11) is 0. The van der Waals surface area contributed by atoms with Gasteiger partial charge in [0.1, 0.15) is 5.01 Å². The highest BCUT2D eigenvalue weighted by molar-refractivity contribution is 7.11. The predicted octanol–water partition coefficient (Wildman–Crippen LogP) is 2.43. The van der Waals surface area contributed by atoms with E-state index >= 15 is 0 Å². The lowest BCUT2D eigenvalue weighted by atomic mass is 10.2. The van der Waals surface area contributed by atoms with E-state index in [1.54, 1.807) is 0 Å². The molecule has 1 heterocycles. The number of nitrogens with two attached hydrogens (primary N) is 1. The van der Waals surface area contributed by atoms with Crippen LogP contribution in [0.2, 0.25) is 0 Å². The average Bonchev–Trinajstić information content (AvgIpc) is 2.61. The first-order valence-electron chi connectivity index (χ1n) is 5.05. The number of rotatable bonds is 3. The highest BCUT2D eigenvalue weighted by Gasteiger charge is 2.19. The zero-order valence-corrected chi connectivity index (χ0v) is 8.86. The van der Waals surface area contributed by atoms with E-state index < -0.39 is 0 Å². The van der Waals surface area contributed by atoms with Crippen molar-refractivity contribution in [3.05, 3.63) is 15.6 Å². The molecule has 1 unspecified atom stereocenters. The fourth-order valence-corrected chi connectivity index (χ4v) is 2.99. The van der Waals surface area contributed by atoms with Crippen molar-refractivity contribution in [2.24, 2.45) is 5.73 Å². The minimum absolute atomic E-state index is 0.181. The molecule has 1 aliphatic carbocycles. The quantitative estimate of drug-likeness (QED) is 0.806. The molecule has 0 saturated carbocycles. The highest BCUT2D eigenvalue weighted by Crippen LogP contribution is 2.30. The second kappa shape index (κ2) is 3.76. The van der Waals surface area contributed by atoms with Crippen molar-refractivity contribution in [2.75, 3.05) is 0 Å². The van der Waals surface area contributed by atoms with Crippen molar-refractivity contribution >= 4 is 11.3 Å². The second-order valence-corrected chi connectivity index (χ2v) is 4.79. The maximum Gasteiger partial charge on any atom is 0.110 e. The van der Waals surface area contributed by atoms with Crippen molar-refractivity contribution < 1.29 is 0 Å². The molecule has 2 N–H and O–H groups in total. The summed E-state index contributed by atoms with van der Waals surface area (Å²) in [6, 6.07) is 0.181. The summed E-state index contributed by atoms with van der Waals surface area (Å²) >= 11 is 1.83. The smallest absolute Gasteiger partial charge is 0.110 e. The van der Waals surface area contributed by atoms with Crippen LogP contribution >= 0.6 is 11.3 Å². The van der Waals surface area contributed by atoms with Gasteiger partial charge < -0.3 is 5.73 Å². The van der Waals surface area contributed by atoms with E-state index in [0.717, 1.165) is 17.8 Å². The predicted molar refractivity (Wildman–Crippen MR) is 56.0 cm³/mol. The number of hydrogen-bond acceptors (Lipinski definition) is 3. The highest BCUT2D eigenvalue weighted by atomic mass is 32.1. The first-order valence-corrected chi connectivity index (χ1v) is 5.87. The summed E-state index contributed by atoms with van der Waals surface area (Å²) in [5.74, 6) is 0. The van der Waals surface area contributed by atoms with Gasteiger partial charge in [0.2, 0.25) is 0 Å². The molecule has 0 radical (unpaired) electrons. The second-order valence-electron chi connectivity index (χ2n) is 3.67. The van der Waals surface area contributed by atoms with Crippen LogP contribution in [0.1, 0.15) is 47.8 Å². The van der Waals surface area contributed by atoms with Crippen LogP contribution in [0.5, 0.6) is 0 Å². The molecule has 0 aromatic carbocycles.